The Kier molecular flexibility index (Phi) is 3.91. The molecule has 1 aromatic rings. The van der Waals surface area contributed by atoms with Gasteiger partial charge < -0.3 is 0 Å². The molecule has 0 spiro atoms. The van der Waals surface area contributed by atoms with Gasteiger partial charge in [-0.3, -0.25) is 24.1 Å². The minimum atomic E-state index is -0.345. The van der Waals surface area contributed by atoms with Crippen LogP contribution < -0.4 is 5.48 Å². The van der Waals surface area contributed by atoms with E-state index >= 15 is 0 Å². The van der Waals surface area contributed by atoms with Crippen LogP contribution in [0.2, 0.25) is 0 Å². The second-order valence-electron chi connectivity index (χ2n) is 4.21. The van der Waals surface area contributed by atoms with Crippen LogP contribution in [0.5, 0.6) is 0 Å². The Balaban J connectivity index is 2.04. The molecule has 1 saturated heterocycles. The summed E-state index contributed by atoms with van der Waals surface area (Å²) in [5.41, 5.74) is 3.46. The third-order valence-corrected chi connectivity index (χ3v) is 2.91. The van der Waals surface area contributed by atoms with Crippen molar-refractivity contribution in [1.29, 1.82) is 0 Å². The van der Waals surface area contributed by atoms with E-state index in [0.717, 1.165) is 5.56 Å². The fourth-order valence-corrected chi connectivity index (χ4v) is 1.89. The molecule has 1 aromatic carbocycles. The van der Waals surface area contributed by atoms with E-state index in [9.17, 15) is 14.4 Å². The highest BCUT2D eigenvalue weighted by atomic mass is 16.6. The second kappa shape index (κ2) is 5.62. The van der Waals surface area contributed by atoms with Gasteiger partial charge in [0.15, 0.2) is 0 Å². The maximum atomic E-state index is 11.5. The highest BCUT2D eigenvalue weighted by Crippen LogP contribution is 2.16. The normalized spacial score (nSPS) is 14.9. The molecule has 1 aliphatic rings. The number of carbonyl (C=O) groups excluding carboxylic acids is 3. The summed E-state index contributed by atoms with van der Waals surface area (Å²) < 4.78 is 0. The van der Waals surface area contributed by atoms with E-state index in [1.54, 1.807) is 24.3 Å². The zero-order valence-corrected chi connectivity index (χ0v) is 10.5. The molecule has 0 bridgehead atoms. The lowest BCUT2D eigenvalue weighted by atomic mass is 10.1. The summed E-state index contributed by atoms with van der Waals surface area (Å²) in [6, 6.07) is 6.66. The molecular formula is C13H14N2O4. The molecule has 0 aromatic heterocycles. The average Bonchev–Trinajstić information content (AvgIpc) is 2.72. The van der Waals surface area contributed by atoms with Crippen LogP contribution in [0.1, 0.15) is 28.8 Å². The van der Waals surface area contributed by atoms with E-state index in [2.05, 4.69) is 10.3 Å². The van der Waals surface area contributed by atoms with E-state index in [-0.39, 0.29) is 37.1 Å². The van der Waals surface area contributed by atoms with E-state index < -0.39 is 0 Å². The predicted octanol–water partition coefficient (Wildman–Crippen LogP) is 0.627. The summed E-state index contributed by atoms with van der Waals surface area (Å²) in [5, 5.41) is 0. The van der Waals surface area contributed by atoms with Gasteiger partial charge in [-0.05, 0) is 17.7 Å². The van der Waals surface area contributed by atoms with Crippen molar-refractivity contribution < 1.29 is 19.2 Å². The summed E-state index contributed by atoms with van der Waals surface area (Å²) in [5.74, 6) is -0.639. The van der Waals surface area contributed by atoms with Gasteiger partial charge in [0.05, 0.1) is 13.7 Å². The van der Waals surface area contributed by atoms with Gasteiger partial charge in [-0.15, -0.1) is 0 Å². The summed E-state index contributed by atoms with van der Waals surface area (Å²) in [4.78, 5) is 40.2. The van der Waals surface area contributed by atoms with E-state index in [4.69, 9.17) is 0 Å². The quantitative estimate of drug-likeness (QED) is 0.637. The molecule has 0 saturated carbocycles. The lowest BCUT2D eigenvalue weighted by molar-refractivity contribution is -0.139. The Hall–Kier alpha value is -2.21. The van der Waals surface area contributed by atoms with Gasteiger partial charge >= 0.3 is 0 Å². The van der Waals surface area contributed by atoms with Crippen LogP contribution in [0.25, 0.3) is 0 Å². The second-order valence-corrected chi connectivity index (χ2v) is 4.21. The number of nitrogens with one attached hydrogen (secondary N) is 1. The predicted molar refractivity (Wildman–Crippen MR) is 65.7 cm³/mol. The Labute approximate surface area is 110 Å². The highest BCUT2D eigenvalue weighted by molar-refractivity contribution is 6.01. The molecule has 6 nitrogen and oxygen atoms in total. The van der Waals surface area contributed by atoms with Crippen molar-refractivity contribution in [2.24, 2.45) is 0 Å². The van der Waals surface area contributed by atoms with Gasteiger partial charge in [-0.1, -0.05) is 12.1 Å². The number of likely N-dealkylation sites (tertiary alicyclic amines) is 1. The fraction of sp³-hybridized carbons (Fsp3) is 0.308. The number of hydrogen-bond acceptors (Lipinski definition) is 4. The van der Waals surface area contributed by atoms with Crippen molar-refractivity contribution in [1.82, 2.24) is 10.4 Å². The van der Waals surface area contributed by atoms with E-state index in [1.165, 1.54) is 12.0 Å². The largest absolute Gasteiger partial charge is 0.278 e. The monoisotopic (exact) mass is 262 g/mol. The smallest absolute Gasteiger partial charge is 0.274 e. The zero-order valence-electron chi connectivity index (χ0n) is 10.5. The Morgan fingerprint density at radius 3 is 2.32 bits per heavy atom. The summed E-state index contributed by atoms with van der Waals surface area (Å²) in [6.45, 7) is 0.254. The minimum Gasteiger partial charge on any atom is -0.278 e. The molecule has 1 N–H and O–H groups in total. The first kappa shape index (κ1) is 13.2. The lowest BCUT2D eigenvalue weighted by Gasteiger charge is -2.13. The van der Waals surface area contributed by atoms with Crippen LogP contribution in [-0.4, -0.2) is 29.7 Å². The van der Waals surface area contributed by atoms with Crippen molar-refractivity contribution in [3.8, 4) is 0 Å². The standard InChI is InChI=1S/C13H14N2O4/c1-19-14-13(18)10-4-2-9(3-5-10)8-15-11(16)6-7-12(15)17/h2-5H,6-8H2,1H3,(H,14,18). The van der Waals surface area contributed by atoms with Crippen LogP contribution in [0.3, 0.4) is 0 Å². The van der Waals surface area contributed by atoms with Gasteiger partial charge in [0.1, 0.15) is 0 Å². The molecule has 1 heterocycles. The first-order chi connectivity index (χ1) is 9.11. The zero-order chi connectivity index (χ0) is 13.8. The van der Waals surface area contributed by atoms with Crippen LogP contribution >= 0.6 is 0 Å². The van der Waals surface area contributed by atoms with Crippen molar-refractivity contribution in [3.63, 3.8) is 0 Å². The van der Waals surface area contributed by atoms with Crippen molar-refractivity contribution in [3.05, 3.63) is 35.4 Å². The molecule has 0 aliphatic carbocycles. The van der Waals surface area contributed by atoms with Crippen molar-refractivity contribution >= 4 is 17.7 Å². The average molecular weight is 262 g/mol. The number of hydroxylamine groups is 1. The number of benzene rings is 1. The first-order valence-corrected chi connectivity index (χ1v) is 5.87. The minimum absolute atomic E-state index is 0.147. The third-order valence-electron chi connectivity index (χ3n) is 2.91. The van der Waals surface area contributed by atoms with Gasteiger partial charge in [0, 0.05) is 18.4 Å². The molecule has 100 valence electrons. The molecule has 6 heteroatoms. The molecule has 1 aliphatic heterocycles. The third kappa shape index (κ3) is 2.97. The number of amides is 3. The first-order valence-electron chi connectivity index (χ1n) is 5.87. The number of carbonyl (C=O) groups is 3. The van der Waals surface area contributed by atoms with Gasteiger partial charge in [0.25, 0.3) is 5.91 Å². The molecule has 19 heavy (non-hydrogen) atoms. The molecular weight excluding hydrogens is 248 g/mol. The van der Waals surface area contributed by atoms with Crippen molar-refractivity contribution in [2.45, 2.75) is 19.4 Å². The van der Waals surface area contributed by atoms with Crippen LogP contribution in [0, 0.1) is 0 Å². The summed E-state index contributed by atoms with van der Waals surface area (Å²) in [7, 11) is 1.36. The van der Waals surface area contributed by atoms with Crippen LogP contribution in [0.4, 0.5) is 0 Å². The van der Waals surface area contributed by atoms with E-state index in [1.807, 2.05) is 0 Å². The molecule has 0 radical (unpaired) electrons. The maximum absolute atomic E-state index is 11.5. The highest BCUT2D eigenvalue weighted by Gasteiger charge is 2.28. The van der Waals surface area contributed by atoms with E-state index in [0.29, 0.717) is 5.56 Å². The fourth-order valence-electron chi connectivity index (χ4n) is 1.89. The van der Waals surface area contributed by atoms with Crippen molar-refractivity contribution in [2.75, 3.05) is 7.11 Å². The topological polar surface area (TPSA) is 75.7 Å². The number of hydrogen-bond donors (Lipinski definition) is 1. The molecule has 0 unspecified atom stereocenters. The van der Waals surface area contributed by atoms with Crippen LogP contribution in [-0.2, 0) is 21.0 Å². The molecule has 2 rings (SSSR count). The summed E-state index contributed by atoms with van der Waals surface area (Å²) in [6.07, 6.45) is 0.570. The molecule has 1 fully saturated rings. The number of rotatable bonds is 4. The van der Waals surface area contributed by atoms with Gasteiger partial charge in [-0.25, -0.2) is 5.48 Å². The molecule has 3 amide bonds. The molecule has 0 atom stereocenters. The lowest BCUT2D eigenvalue weighted by Crippen LogP contribution is -2.28. The van der Waals surface area contributed by atoms with Gasteiger partial charge in [0.2, 0.25) is 11.8 Å². The van der Waals surface area contributed by atoms with Gasteiger partial charge in [-0.2, -0.15) is 0 Å². The Morgan fingerprint density at radius 2 is 1.79 bits per heavy atom. The summed E-state index contributed by atoms with van der Waals surface area (Å²) >= 11 is 0. The maximum Gasteiger partial charge on any atom is 0.274 e. The Bertz CT molecular complexity index is 494. The number of nitrogens with zero attached hydrogens (tertiary/aromatic N) is 1. The van der Waals surface area contributed by atoms with Crippen LogP contribution in [0.15, 0.2) is 24.3 Å². The number of imide groups is 1. The Morgan fingerprint density at radius 1 is 1.21 bits per heavy atom. The SMILES string of the molecule is CONC(=O)c1ccc(CN2C(=O)CCC2=O)cc1.